The summed E-state index contributed by atoms with van der Waals surface area (Å²) in [6.45, 7) is 0.613. The summed E-state index contributed by atoms with van der Waals surface area (Å²) in [7, 11) is 0. The highest BCUT2D eigenvalue weighted by Gasteiger charge is 2.42. The van der Waals surface area contributed by atoms with Gasteiger partial charge in [0.05, 0.1) is 35.5 Å². The molecule has 1 aromatic heterocycles. The third kappa shape index (κ3) is 3.59. The Hall–Kier alpha value is -2.87. The predicted molar refractivity (Wildman–Crippen MR) is 125 cm³/mol. The molecule has 1 fully saturated rings. The van der Waals surface area contributed by atoms with Crippen LogP contribution >= 0.6 is 35.6 Å². The number of carbonyl (C=O) groups is 2. The van der Waals surface area contributed by atoms with Crippen molar-refractivity contribution >= 4 is 63.0 Å². The minimum Gasteiger partial charge on any atom is -0.467 e. The van der Waals surface area contributed by atoms with E-state index in [1.54, 1.807) is 35.4 Å². The Morgan fingerprint density at radius 2 is 1.68 bits per heavy atom. The number of anilines is 1. The van der Waals surface area contributed by atoms with Crippen molar-refractivity contribution in [3.05, 3.63) is 93.7 Å². The molecular weight excluding hydrogens is 452 g/mol. The molecule has 2 aliphatic rings. The van der Waals surface area contributed by atoms with Crippen LogP contribution in [0.2, 0.25) is 5.02 Å². The number of rotatable bonds is 4. The van der Waals surface area contributed by atoms with Gasteiger partial charge in [-0.05, 0) is 35.9 Å². The molecule has 3 aromatic rings. The molecule has 5 rings (SSSR count). The minimum absolute atomic E-state index is 0.213. The van der Waals surface area contributed by atoms with Crippen molar-refractivity contribution in [2.45, 2.75) is 13.1 Å². The Morgan fingerprint density at radius 3 is 2.42 bits per heavy atom. The van der Waals surface area contributed by atoms with Gasteiger partial charge >= 0.3 is 0 Å². The normalized spacial score (nSPS) is 18.3. The summed E-state index contributed by atoms with van der Waals surface area (Å²) in [6.07, 6.45) is 1.55. The fourth-order valence-electron chi connectivity index (χ4n) is 3.67. The lowest BCUT2D eigenvalue weighted by molar-refractivity contribution is -0.123. The summed E-state index contributed by atoms with van der Waals surface area (Å²) in [5, 5.41) is 0.637. The molecule has 154 valence electrons. The number of amides is 2. The Balaban J connectivity index is 1.52. The third-order valence-electron chi connectivity index (χ3n) is 5.15. The largest absolute Gasteiger partial charge is 0.467 e. The fraction of sp³-hybridized carbons (Fsp3) is 0.0870. The number of fused-ring (bicyclic) bond motifs is 1. The van der Waals surface area contributed by atoms with Gasteiger partial charge in [-0.2, -0.15) is 0 Å². The summed E-state index contributed by atoms with van der Waals surface area (Å²) in [5.74, 6) is 0.137. The zero-order chi connectivity index (χ0) is 21.5. The second-order valence-electron chi connectivity index (χ2n) is 7.08. The average molecular weight is 467 g/mol. The molecule has 2 aromatic carbocycles. The molecule has 0 unspecified atom stereocenters. The number of furan rings is 1. The zero-order valence-electron chi connectivity index (χ0n) is 16.1. The Kier molecular flexibility index (Phi) is 5.17. The van der Waals surface area contributed by atoms with E-state index in [1.165, 1.54) is 4.90 Å². The van der Waals surface area contributed by atoms with E-state index < -0.39 is 0 Å². The molecule has 3 heterocycles. The van der Waals surface area contributed by atoms with Crippen molar-refractivity contribution in [2.24, 2.45) is 0 Å². The number of halogens is 1. The minimum atomic E-state index is -0.280. The number of hydrogen-bond donors (Lipinski definition) is 0. The van der Waals surface area contributed by atoms with Gasteiger partial charge in [0.2, 0.25) is 0 Å². The first kappa shape index (κ1) is 20.1. The topological polar surface area (TPSA) is 53.8 Å². The lowest BCUT2D eigenvalue weighted by atomic mass is 10.1. The van der Waals surface area contributed by atoms with E-state index in [1.807, 2.05) is 36.4 Å². The van der Waals surface area contributed by atoms with Crippen molar-refractivity contribution in [3.8, 4) is 0 Å². The van der Waals surface area contributed by atoms with Crippen molar-refractivity contribution in [1.82, 2.24) is 4.90 Å². The number of thiocarbonyl (C=S) groups is 1. The SMILES string of the molecule is O=C1/C(=C2/C(=O)N(Cc3ccc(Cl)cc3)c3ccccc32)SC(=S)N1Cc1ccco1. The van der Waals surface area contributed by atoms with Gasteiger partial charge in [-0.15, -0.1) is 0 Å². The molecule has 0 N–H and O–H groups in total. The maximum absolute atomic E-state index is 13.5. The quantitative estimate of drug-likeness (QED) is 0.388. The molecule has 2 aliphatic heterocycles. The van der Waals surface area contributed by atoms with Gasteiger partial charge < -0.3 is 9.32 Å². The van der Waals surface area contributed by atoms with Crippen LogP contribution in [0.5, 0.6) is 0 Å². The van der Waals surface area contributed by atoms with Crippen LogP contribution < -0.4 is 4.90 Å². The Labute approximate surface area is 193 Å². The number of nitrogens with zero attached hydrogens (tertiary/aromatic N) is 2. The second kappa shape index (κ2) is 8.00. The van der Waals surface area contributed by atoms with E-state index in [-0.39, 0.29) is 18.4 Å². The number of carbonyl (C=O) groups excluding carboxylic acids is 2. The molecule has 0 atom stereocenters. The first-order valence-corrected chi connectivity index (χ1v) is 11.1. The Bertz CT molecular complexity index is 1240. The summed E-state index contributed by atoms with van der Waals surface area (Å²) >= 11 is 12.6. The van der Waals surface area contributed by atoms with Crippen molar-refractivity contribution in [3.63, 3.8) is 0 Å². The lowest BCUT2D eigenvalue weighted by Crippen LogP contribution is -2.29. The van der Waals surface area contributed by atoms with Gasteiger partial charge in [0, 0.05) is 10.6 Å². The van der Waals surface area contributed by atoms with E-state index in [4.69, 9.17) is 28.2 Å². The monoisotopic (exact) mass is 466 g/mol. The molecule has 0 aliphatic carbocycles. The smallest absolute Gasteiger partial charge is 0.267 e. The predicted octanol–water partition coefficient (Wildman–Crippen LogP) is 5.25. The van der Waals surface area contributed by atoms with Gasteiger partial charge in [-0.25, -0.2) is 0 Å². The molecular formula is C23H15ClN2O3S2. The van der Waals surface area contributed by atoms with E-state index in [2.05, 4.69) is 0 Å². The first-order valence-electron chi connectivity index (χ1n) is 9.49. The molecule has 31 heavy (non-hydrogen) atoms. The number of thioether (sulfide) groups is 1. The first-order chi connectivity index (χ1) is 15.0. The molecule has 0 bridgehead atoms. The van der Waals surface area contributed by atoms with Gasteiger partial charge in [0.1, 0.15) is 10.1 Å². The van der Waals surface area contributed by atoms with Crippen LogP contribution in [0.3, 0.4) is 0 Å². The summed E-state index contributed by atoms with van der Waals surface area (Å²) in [5.41, 5.74) is 2.84. The van der Waals surface area contributed by atoms with Gasteiger partial charge in [0.15, 0.2) is 0 Å². The maximum Gasteiger partial charge on any atom is 0.267 e. The van der Waals surface area contributed by atoms with Gasteiger partial charge in [-0.1, -0.05) is 65.9 Å². The van der Waals surface area contributed by atoms with Crippen LogP contribution in [0.1, 0.15) is 16.9 Å². The standard InChI is InChI=1S/C23H15ClN2O3S2/c24-15-9-7-14(8-10-15)12-25-18-6-2-1-5-17(18)19(21(25)27)20-22(28)26(23(30)31-20)13-16-4-3-11-29-16/h1-11H,12-13H2/b20-19-. The van der Waals surface area contributed by atoms with E-state index in [0.29, 0.717) is 32.1 Å². The van der Waals surface area contributed by atoms with Crippen LogP contribution in [0.4, 0.5) is 5.69 Å². The summed E-state index contributed by atoms with van der Waals surface area (Å²) in [6, 6.07) is 18.4. The lowest BCUT2D eigenvalue weighted by Gasteiger charge is -2.17. The summed E-state index contributed by atoms with van der Waals surface area (Å²) < 4.78 is 5.77. The van der Waals surface area contributed by atoms with E-state index >= 15 is 0 Å². The van der Waals surface area contributed by atoms with Crippen molar-refractivity contribution < 1.29 is 14.0 Å². The molecule has 2 amide bonds. The second-order valence-corrected chi connectivity index (χ2v) is 9.16. The third-order valence-corrected chi connectivity index (χ3v) is 6.85. The van der Waals surface area contributed by atoms with Gasteiger partial charge in [0.25, 0.3) is 11.8 Å². The molecule has 8 heteroatoms. The molecule has 0 spiro atoms. The van der Waals surface area contributed by atoms with Crippen LogP contribution in [-0.4, -0.2) is 21.0 Å². The van der Waals surface area contributed by atoms with E-state index in [9.17, 15) is 9.59 Å². The van der Waals surface area contributed by atoms with Crippen molar-refractivity contribution in [1.29, 1.82) is 0 Å². The van der Waals surface area contributed by atoms with Crippen LogP contribution in [0, 0.1) is 0 Å². The maximum atomic E-state index is 13.5. The highest BCUT2D eigenvalue weighted by atomic mass is 35.5. The molecule has 0 radical (unpaired) electrons. The average Bonchev–Trinajstić information content (AvgIpc) is 3.45. The molecule has 5 nitrogen and oxygen atoms in total. The zero-order valence-corrected chi connectivity index (χ0v) is 18.5. The van der Waals surface area contributed by atoms with Crippen LogP contribution in [0.15, 0.2) is 76.2 Å². The van der Waals surface area contributed by atoms with Gasteiger partial charge in [-0.3, -0.25) is 14.5 Å². The summed E-state index contributed by atoms with van der Waals surface area (Å²) in [4.78, 5) is 30.2. The van der Waals surface area contributed by atoms with E-state index in [0.717, 1.165) is 28.6 Å². The highest BCUT2D eigenvalue weighted by Crippen LogP contribution is 2.45. The number of para-hydroxylation sites is 1. The van der Waals surface area contributed by atoms with Crippen LogP contribution in [0.25, 0.3) is 5.57 Å². The van der Waals surface area contributed by atoms with Crippen LogP contribution in [-0.2, 0) is 22.7 Å². The fourth-order valence-corrected chi connectivity index (χ4v) is 5.13. The number of hydrogen-bond acceptors (Lipinski definition) is 5. The Morgan fingerprint density at radius 1 is 0.903 bits per heavy atom. The molecule has 1 saturated heterocycles. The number of benzene rings is 2. The highest BCUT2D eigenvalue weighted by molar-refractivity contribution is 8.26. The molecule has 0 saturated carbocycles. The van der Waals surface area contributed by atoms with Crippen molar-refractivity contribution in [2.75, 3.05) is 4.90 Å².